The van der Waals surface area contributed by atoms with Crippen molar-refractivity contribution in [3.8, 4) is 5.75 Å². The van der Waals surface area contributed by atoms with E-state index >= 15 is 0 Å². The lowest BCUT2D eigenvalue weighted by atomic mass is 9.79. The number of aliphatic hydroxyl groups excluding tert-OH is 1. The summed E-state index contributed by atoms with van der Waals surface area (Å²) in [4.78, 5) is 22.7. The molecule has 21 heavy (non-hydrogen) atoms. The monoisotopic (exact) mass is 291 g/mol. The highest BCUT2D eigenvalue weighted by Gasteiger charge is 2.43. The molecule has 0 saturated carbocycles. The summed E-state index contributed by atoms with van der Waals surface area (Å²) in [7, 11) is 0. The average Bonchev–Trinajstić information content (AvgIpc) is 2.34. The highest BCUT2D eigenvalue weighted by Crippen LogP contribution is 2.43. The third kappa shape index (κ3) is 3.24. The predicted octanol–water partition coefficient (Wildman–Crippen LogP) is 2.24. The van der Waals surface area contributed by atoms with E-state index in [4.69, 9.17) is 4.74 Å². The number of benzene rings is 1. The third-order valence-electron chi connectivity index (χ3n) is 3.70. The third-order valence-corrected chi connectivity index (χ3v) is 3.70. The van der Waals surface area contributed by atoms with E-state index in [-0.39, 0.29) is 24.0 Å². The molecule has 1 aromatic carbocycles. The number of fused-ring (bicyclic) bond motifs is 1. The van der Waals surface area contributed by atoms with Crippen molar-refractivity contribution in [3.63, 3.8) is 0 Å². The topological polar surface area (TPSA) is 75.6 Å². The van der Waals surface area contributed by atoms with Gasteiger partial charge in [-0.1, -0.05) is 0 Å². The van der Waals surface area contributed by atoms with Crippen LogP contribution < -0.4 is 10.1 Å². The van der Waals surface area contributed by atoms with Gasteiger partial charge in [-0.25, -0.2) is 0 Å². The summed E-state index contributed by atoms with van der Waals surface area (Å²) in [5.41, 5.74) is 0.622. The van der Waals surface area contributed by atoms with Crippen LogP contribution >= 0.6 is 0 Å². The molecule has 114 valence electrons. The first-order valence-corrected chi connectivity index (χ1v) is 6.99. The molecule has 1 aliphatic rings. The van der Waals surface area contributed by atoms with E-state index < -0.39 is 11.7 Å². The highest BCUT2D eigenvalue weighted by molar-refractivity contribution is 5.89. The normalized spacial score (nSPS) is 22.9. The molecule has 5 nitrogen and oxygen atoms in total. The molecule has 2 rings (SSSR count). The van der Waals surface area contributed by atoms with Gasteiger partial charge >= 0.3 is 0 Å². The van der Waals surface area contributed by atoms with Crippen molar-refractivity contribution in [1.82, 2.24) is 0 Å². The minimum absolute atomic E-state index is 0.00706. The molecular formula is C16H21NO4. The number of anilines is 1. The molecule has 0 saturated heterocycles. The molecule has 1 aliphatic heterocycles. The first-order chi connectivity index (χ1) is 9.70. The summed E-state index contributed by atoms with van der Waals surface area (Å²) in [5.74, 6) is 0.143. The highest BCUT2D eigenvalue weighted by atomic mass is 16.5. The van der Waals surface area contributed by atoms with Crippen LogP contribution in [0.1, 0.15) is 45.6 Å². The summed E-state index contributed by atoms with van der Waals surface area (Å²) < 4.78 is 5.83. The van der Waals surface area contributed by atoms with Crippen LogP contribution in [0.15, 0.2) is 18.2 Å². The fourth-order valence-corrected chi connectivity index (χ4v) is 2.74. The van der Waals surface area contributed by atoms with E-state index in [1.807, 2.05) is 0 Å². The fraction of sp³-hybridized carbons (Fsp3) is 0.500. The number of aliphatic hydroxyl groups is 1. The lowest BCUT2D eigenvalue weighted by Gasteiger charge is -2.42. The number of rotatable bonds is 3. The van der Waals surface area contributed by atoms with Crippen LogP contribution in [-0.2, 0) is 9.59 Å². The second-order valence-electron chi connectivity index (χ2n) is 6.10. The molecule has 0 spiro atoms. The van der Waals surface area contributed by atoms with Gasteiger partial charge in [0.2, 0.25) is 5.91 Å². The molecule has 2 N–H and O–H groups in total. The van der Waals surface area contributed by atoms with Gasteiger partial charge in [0.15, 0.2) is 0 Å². The summed E-state index contributed by atoms with van der Waals surface area (Å²) in [6.07, 6.45) is -0.550. The van der Waals surface area contributed by atoms with Crippen molar-refractivity contribution in [2.75, 3.05) is 5.32 Å². The molecule has 2 atom stereocenters. The van der Waals surface area contributed by atoms with E-state index in [9.17, 15) is 14.7 Å². The summed E-state index contributed by atoms with van der Waals surface area (Å²) >= 11 is 0. The van der Waals surface area contributed by atoms with Crippen molar-refractivity contribution in [1.29, 1.82) is 0 Å². The van der Waals surface area contributed by atoms with Crippen molar-refractivity contribution >= 4 is 17.4 Å². The first kappa shape index (κ1) is 15.5. The number of carbonyl (C=O) groups is 2. The Labute approximate surface area is 124 Å². The maximum absolute atomic E-state index is 11.5. The van der Waals surface area contributed by atoms with Gasteiger partial charge in [-0.15, -0.1) is 0 Å². The quantitative estimate of drug-likeness (QED) is 0.895. The Morgan fingerprint density at radius 3 is 2.57 bits per heavy atom. The number of hydrogen-bond donors (Lipinski definition) is 2. The van der Waals surface area contributed by atoms with Crippen molar-refractivity contribution < 1.29 is 19.4 Å². The number of amides is 1. The Kier molecular flexibility index (Phi) is 4.05. The molecule has 5 heteroatoms. The van der Waals surface area contributed by atoms with Crippen molar-refractivity contribution in [2.45, 2.75) is 51.7 Å². The number of Topliss-reactive ketones (excluding diaryl/α,β-unsaturated/α-hetero) is 1. The number of carbonyl (C=O) groups excluding carboxylic acids is 2. The second kappa shape index (κ2) is 5.48. The number of ether oxygens (including phenoxy) is 1. The zero-order valence-corrected chi connectivity index (χ0v) is 12.8. The Balaban J connectivity index is 2.45. The standard InChI is InChI=1S/C16H21NO4/c1-9(18)7-13-12-8-11(17-10(2)19)5-6-14(12)21-16(3,4)15(13)20/h5-6,8,13,15,20H,7H2,1-4H3,(H,17,19)/t13-,15+/m0/s1. The van der Waals surface area contributed by atoms with E-state index in [1.54, 1.807) is 32.0 Å². The van der Waals surface area contributed by atoms with Gasteiger partial charge in [-0.05, 0) is 39.0 Å². The van der Waals surface area contributed by atoms with E-state index in [0.29, 0.717) is 11.4 Å². The molecule has 1 heterocycles. The molecule has 0 bridgehead atoms. The van der Waals surface area contributed by atoms with Gasteiger partial charge in [0.1, 0.15) is 23.2 Å². The Morgan fingerprint density at radius 1 is 1.33 bits per heavy atom. The van der Waals surface area contributed by atoms with E-state index in [1.165, 1.54) is 13.8 Å². The molecule has 0 fully saturated rings. The average molecular weight is 291 g/mol. The largest absolute Gasteiger partial charge is 0.485 e. The van der Waals surface area contributed by atoms with Gasteiger partial charge in [-0.3, -0.25) is 4.79 Å². The summed E-state index contributed by atoms with van der Waals surface area (Å²) in [6, 6.07) is 5.28. The lowest BCUT2D eigenvalue weighted by molar-refractivity contribution is -0.120. The Hall–Kier alpha value is -1.88. The Bertz CT molecular complexity index is 580. The summed E-state index contributed by atoms with van der Waals surface area (Å²) in [6.45, 7) is 6.54. The lowest BCUT2D eigenvalue weighted by Crippen LogP contribution is -2.49. The summed E-state index contributed by atoms with van der Waals surface area (Å²) in [5, 5.41) is 13.2. The molecule has 1 amide bonds. The zero-order valence-electron chi connectivity index (χ0n) is 12.8. The molecule has 0 aliphatic carbocycles. The van der Waals surface area contributed by atoms with Crippen LogP contribution in [0.3, 0.4) is 0 Å². The SMILES string of the molecule is CC(=O)C[C@H]1c2cc(NC(C)=O)ccc2OC(C)(C)[C@@H]1O. The van der Waals surface area contributed by atoms with Gasteiger partial charge in [0.25, 0.3) is 0 Å². The number of nitrogens with one attached hydrogen (secondary N) is 1. The van der Waals surface area contributed by atoms with E-state index in [2.05, 4.69) is 5.32 Å². The van der Waals surface area contributed by atoms with Crippen molar-refractivity contribution in [2.24, 2.45) is 0 Å². The molecule has 0 radical (unpaired) electrons. The number of ketones is 1. The fourth-order valence-electron chi connectivity index (χ4n) is 2.74. The van der Waals surface area contributed by atoms with Gasteiger partial charge in [0, 0.05) is 30.5 Å². The minimum atomic E-state index is -0.790. The van der Waals surface area contributed by atoms with Gasteiger partial charge < -0.3 is 20.0 Å². The molecule has 0 aromatic heterocycles. The first-order valence-electron chi connectivity index (χ1n) is 6.99. The molecular weight excluding hydrogens is 270 g/mol. The Morgan fingerprint density at radius 2 is 2.00 bits per heavy atom. The van der Waals surface area contributed by atoms with Crippen LogP contribution in [0, 0.1) is 0 Å². The smallest absolute Gasteiger partial charge is 0.221 e. The predicted molar refractivity (Wildman–Crippen MR) is 79.5 cm³/mol. The van der Waals surface area contributed by atoms with Gasteiger partial charge in [0.05, 0.1) is 0 Å². The number of hydrogen-bond acceptors (Lipinski definition) is 4. The van der Waals surface area contributed by atoms with Crippen LogP contribution in [0.4, 0.5) is 5.69 Å². The minimum Gasteiger partial charge on any atom is -0.485 e. The van der Waals surface area contributed by atoms with Crippen LogP contribution in [0.25, 0.3) is 0 Å². The molecule has 0 unspecified atom stereocenters. The van der Waals surface area contributed by atoms with Crippen LogP contribution in [0.5, 0.6) is 5.75 Å². The van der Waals surface area contributed by atoms with Crippen LogP contribution in [0.2, 0.25) is 0 Å². The van der Waals surface area contributed by atoms with Crippen LogP contribution in [-0.4, -0.2) is 28.5 Å². The second-order valence-corrected chi connectivity index (χ2v) is 6.10. The molecule has 1 aromatic rings. The zero-order chi connectivity index (χ0) is 15.8. The van der Waals surface area contributed by atoms with E-state index in [0.717, 1.165) is 5.56 Å². The van der Waals surface area contributed by atoms with Gasteiger partial charge in [-0.2, -0.15) is 0 Å². The maximum atomic E-state index is 11.5. The maximum Gasteiger partial charge on any atom is 0.221 e. The van der Waals surface area contributed by atoms with Crippen molar-refractivity contribution in [3.05, 3.63) is 23.8 Å².